The Labute approximate surface area is 120 Å². The molecule has 1 fully saturated rings. The third-order valence-corrected chi connectivity index (χ3v) is 4.70. The van der Waals surface area contributed by atoms with E-state index in [4.69, 9.17) is 0 Å². The molecule has 0 radical (unpaired) electrons. The molecule has 1 aromatic heterocycles. The van der Waals surface area contributed by atoms with Gasteiger partial charge in [0, 0.05) is 57.6 Å². The predicted molar refractivity (Wildman–Crippen MR) is 79.0 cm³/mol. The fourth-order valence-electron chi connectivity index (χ4n) is 2.15. The van der Waals surface area contributed by atoms with Gasteiger partial charge in [-0.3, -0.25) is 9.88 Å². The number of sulfonamides is 1. The molecule has 0 spiro atoms. The van der Waals surface area contributed by atoms with Crippen LogP contribution in [0, 0.1) is 0 Å². The molecule has 0 bridgehead atoms. The van der Waals surface area contributed by atoms with Crippen LogP contribution in [-0.2, 0) is 16.4 Å². The fraction of sp³-hybridized carbons (Fsp3) is 0.615. The number of nitrogens with one attached hydrogen (secondary N) is 2. The Morgan fingerprint density at radius 3 is 2.80 bits per heavy atom. The Morgan fingerprint density at radius 1 is 1.30 bits per heavy atom. The summed E-state index contributed by atoms with van der Waals surface area (Å²) in [6.45, 7) is 5.17. The van der Waals surface area contributed by atoms with Crippen molar-refractivity contribution < 1.29 is 8.42 Å². The highest BCUT2D eigenvalue weighted by Crippen LogP contribution is 1.98. The van der Waals surface area contributed by atoms with Crippen molar-refractivity contribution in [3.63, 3.8) is 0 Å². The van der Waals surface area contributed by atoms with Crippen molar-refractivity contribution in [3.05, 3.63) is 30.1 Å². The Bertz CT molecular complexity index is 486. The normalized spacial score (nSPS) is 17.2. The van der Waals surface area contributed by atoms with Crippen molar-refractivity contribution in [1.82, 2.24) is 19.9 Å². The lowest BCUT2D eigenvalue weighted by Crippen LogP contribution is -2.46. The van der Waals surface area contributed by atoms with E-state index in [1.54, 1.807) is 6.20 Å². The second kappa shape index (κ2) is 7.68. The van der Waals surface area contributed by atoms with Crippen LogP contribution in [0.1, 0.15) is 5.69 Å². The summed E-state index contributed by atoms with van der Waals surface area (Å²) in [4.78, 5) is 6.39. The number of piperazine rings is 1. The molecule has 2 rings (SSSR count). The monoisotopic (exact) mass is 298 g/mol. The summed E-state index contributed by atoms with van der Waals surface area (Å²) in [6.07, 6.45) is 2.13. The van der Waals surface area contributed by atoms with Crippen molar-refractivity contribution in [1.29, 1.82) is 0 Å². The van der Waals surface area contributed by atoms with Gasteiger partial charge in [-0.25, -0.2) is 13.1 Å². The van der Waals surface area contributed by atoms with Gasteiger partial charge in [-0.05, 0) is 12.1 Å². The molecule has 112 valence electrons. The molecule has 20 heavy (non-hydrogen) atoms. The largest absolute Gasteiger partial charge is 0.314 e. The molecular weight excluding hydrogens is 276 g/mol. The van der Waals surface area contributed by atoms with Crippen LogP contribution in [-0.4, -0.2) is 63.3 Å². The Hall–Kier alpha value is -1.02. The summed E-state index contributed by atoms with van der Waals surface area (Å²) >= 11 is 0. The third kappa shape index (κ3) is 5.54. The lowest BCUT2D eigenvalue weighted by atomic mass is 10.3. The Kier molecular flexibility index (Phi) is 5.90. The zero-order valence-electron chi connectivity index (χ0n) is 11.6. The van der Waals surface area contributed by atoms with Crippen molar-refractivity contribution in [2.24, 2.45) is 0 Å². The van der Waals surface area contributed by atoms with Crippen LogP contribution >= 0.6 is 0 Å². The minimum absolute atomic E-state index is 0.0889. The van der Waals surface area contributed by atoms with E-state index in [-0.39, 0.29) is 5.75 Å². The van der Waals surface area contributed by atoms with Crippen molar-refractivity contribution in [3.8, 4) is 0 Å². The summed E-state index contributed by atoms with van der Waals surface area (Å²) in [7, 11) is -3.21. The van der Waals surface area contributed by atoms with Crippen LogP contribution < -0.4 is 10.0 Å². The van der Waals surface area contributed by atoms with Crippen molar-refractivity contribution >= 4 is 10.0 Å². The van der Waals surface area contributed by atoms with Gasteiger partial charge in [-0.2, -0.15) is 0 Å². The molecule has 7 heteroatoms. The van der Waals surface area contributed by atoms with E-state index in [0.717, 1.165) is 38.4 Å². The van der Waals surface area contributed by atoms with E-state index in [1.165, 1.54) is 0 Å². The molecule has 0 aliphatic carbocycles. The average molecular weight is 298 g/mol. The van der Waals surface area contributed by atoms with Crippen molar-refractivity contribution in [2.45, 2.75) is 6.42 Å². The number of aryl methyl sites for hydroxylation is 1. The van der Waals surface area contributed by atoms with Gasteiger partial charge < -0.3 is 5.32 Å². The maximum Gasteiger partial charge on any atom is 0.212 e. The first-order chi connectivity index (χ1) is 9.66. The SMILES string of the molecule is O=S(=O)(CCc1ccccn1)NCCN1CCNCC1. The summed E-state index contributed by atoms with van der Waals surface area (Å²) < 4.78 is 26.4. The summed E-state index contributed by atoms with van der Waals surface area (Å²) in [5, 5.41) is 3.27. The molecule has 0 atom stereocenters. The Morgan fingerprint density at radius 2 is 2.10 bits per heavy atom. The maximum absolute atomic E-state index is 11.9. The maximum atomic E-state index is 11.9. The average Bonchev–Trinajstić information content (AvgIpc) is 2.47. The van der Waals surface area contributed by atoms with E-state index in [0.29, 0.717) is 13.0 Å². The van der Waals surface area contributed by atoms with E-state index < -0.39 is 10.0 Å². The number of rotatable bonds is 7. The van der Waals surface area contributed by atoms with E-state index in [9.17, 15) is 8.42 Å². The lowest BCUT2D eigenvalue weighted by molar-refractivity contribution is 0.245. The van der Waals surface area contributed by atoms with Crippen LogP contribution in [0.4, 0.5) is 0 Å². The second-order valence-electron chi connectivity index (χ2n) is 4.88. The van der Waals surface area contributed by atoms with Gasteiger partial charge in [0.1, 0.15) is 0 Å². The van der Waals surface area contributed by atoms with Gasteiger partial charge in [0.05, 0.1) is 5.75 Å². The number of aromatic nitrogens is 1. The topological polar surface area (TPSA) is 74.3 Å². The zero-order valence-corrected chi connectivity index (χ0v) is 12.4. The standard InChI is InChI=1S/C13H22N4O2S/c18-20(19,12-4-13-3-1-2-5-15-13)16-8-11-17-9-6-14-7-10-17/h1-3,5,14,16H,4,6-12H2. The lowest BCUT2D eigenvalue weighted by Gasteiger charge is -2.27. The third-order valence-electron chi connectivity index (χ3n) is 3.31. The number of hydrogen-bond donors (Lipinski definition) is 2. The van der Waals surface area contributed by atoms with E-state index >= 15 is 0 Å². The molecule has 0 saturated carbocycles. The number of pyridine rings is 1. The molecule has 0 amide bonds. The molecule has 0 unspecified atom stereocenters. The minimum atomic E-state index is -3.21. The highest BCUT2D eigenvalue weighted by molar-refractivity contribution is 7.89. The molecule has 1 aliphatic rings. The highest BCUT2D eigenvalue weighted by Gasteiger charge is 2.13. The minimum Gasteiger partial charge on any atom is -0.314 e. The van der Waals surface area contributed by atoms with E-state index in [1.807, 2.05) is 18.2 Å². The Balaban J connectivity index is 1.68. The smallest absolute Gasteiger partial charge is 0.212 e. The molecule has 1 aromatic rings. The first-order valence-electron chi connectivity index (χ1n) is 6.96. The highest BCUT2D eigenvalue weighted by atomic mass is 32.2. The van der Waals surface area contributed by atoms with Gasteiger partial charge in [-0.1, -0.05) is 6.07 Å². The molecule has 1 aliphatic heterocycles. The zero-order chi connectivity index (χ0) is 14.3. The quantitative estimate of drug-likeness (QED) is 0.706. The first-order valence-corrected chi connectivity index (χ1v) is 8.61. The molecule has 2 N–H and O–H groups in total. The van der Waals surface area contributed by atoms with Gasteiger partial charge in [0.15, 0.2) is 0 Å². The fourth-order valence-corrected chi connectivity index (χ4v) is 3.18. The molecule has 1 saturated heterocycles. The molecule has 0 aromatic carbocycles. The van der Waals surface area contributed by atoms with Gasteiger partial charge in [0.2, 0.25) is 10.0 Å². The van der Waals surface area contributed by atoms with Crippen LogP contribution in [0.3, 0.4) is 0 Å². The predicted octanol–water partition coefficient (Wildman–Crippen LogP) is -0.551. The number of hydrogen-bond acceptors (Lipinski definition) is 5. The van der Waals surface area contributed by atoms with Crippen LogP contribution in [0.25, 0.3) is 0 Å². The first kappa shape index (κ1) is 15.4. The summed E-state index contributed by atoms with van der Waals surface area (Å²) in [5.74, 6) is 0.0889. The van der Waals surface area contributed by atoms with Gasteiger partial charge in [-0.15, -0.1) is 0 Å². The summed E-state index contributed by atoms with van der Waals surface area (Å²) in [6, 6.07) is 5.53. The van der Waals surface area contributed by atoms with Crippen molar-refractivity contribution in [2.75, 3.05) is 45.0 Å². The summed E-state index contributed by atoms with van der Waals surface area (Å²) in [5.41, 5.74) is 0.806. The van der Waals surface area contributed by atoms with Crippen LogP contribution in [0.5, 0.6) is 0 Å². The second-order valence-corrected chi connectivity index (χ2v) is 6.80. The van der Waals surface area contributed by atoms with Crippen LogP contribution in [0.15, 0.2) is 24.4 Å². The van der Waals surface area contributed by atoms with Crippen LogP contribution in [0.2, 0.25) is 0 Å². The molecule has 6 nitrogen and oxygen atoms in total. The number of nitrogens with zero attached hydrogens (tertiary/aromatic N) is 2. The van der Waals surface area contributed by atoms with Gasteiger partial charge >= 0.3 is 0 Å². The molecular formula is C13H22N4O2S. The van der Waals surface area contributed by atoms with E-state index in [2.05, 4.69) is 19.9 Å². The van der Waals surface area contributed by atoms with Gasteiger partial charge in [0.25, 0.3) is 0 Å². The molecule has 2 heterocycles.